The van der Waals surface area contributed by atoms with Crippen molar-refractivity contribution in [2.24, 2.45) is 0 Å². The fourth-order valence-electron chi connectivity index (χ4n) is 1.71. The first-order valence-electron chi connectivity index (χ1n) is 4.32. The Bertz CT molecular complexity index is 183. The van der Waals surface area contributed by atoms with E-state index in [0.29, 0.717) is 26.3 Å². The molecule has 2 heterocycles. The van der Waals surface area contributed by atoms with Gasteiger partial charge in [-0.05, 0) is 0 Å². The molecule has 2 aliphatic rings. The molecule has 2 saturated heterocycles. The molecule has 0 bridgehead atoms. The third-order valence-electron chi connectivity index (χ3n) is 2.43. The van der Waals surface area contributed by atoms with Crippen molar-refractivity contribution in [1.82, 2.24) is 4.90 Å². The van der Waals surface area contributed by atoms with Crippen molar-refractivity contribution >= 4 is 5.91 Å². The Morgan fingerprint density at radius 2 is 2.00 bits per heavy atom. The van der Waals surface area contributed by atoms with E-state index in [2.05, 4.69) is 0 Å². The van der Waals surface area contributed by atoms with E-state index in [-0.39, 0.29) is 18.1 Å². The summed E-state index contributed by atoms with van der Waals surface area (Å²) in [4.78, 5) is 13.1. The zero-order valence-corrected chi connectivity index (χ0v) is 7.16. The molecule has 0 aromatic carbocycles. The first kappa shape index (κ1) is 8.01. The Morgan fingerprint density at radius 1 is 1.42 bits per heavy atom. The van der Waals surface area contributed by atoms with Crippen molar-refractivity contribution in [3.63, 3.8) is 0 Å². The summed E-state index contributed by atoms with van der Waals surface area (Å²) >= 11 is 0. The molecule has 0 aromatic heterocycles. The number of likely N-dealkylation sites (tertiary alicyclic amines) is 1. The number of carbonyl (C=O) groups excluding carboxylic acids is 1. The third-order valence-corrected chi connectivity index (χ3v) is 2.43. The molecule has 4 heteroatoms. The minimum absolute atomic E-state index is 0.125. The molecule has 0 unspecified atom stereocenters. The van der Waals surface area contributed by atoms with Crippen molar-refractivity contribution in [2.45, 2.75) is 25.6 Å². The Morgan fingerprint density at radius 3 is 2.50 bits per heavy atom. The Hall–Kier alpha value is -0.610. The highest BCUT2D eigenvalue weighted by Gasteiger charge is 2.39. The average Bonchev–Trinajstić information content (AvgIpc) is 2.60. The van der Waals surface area contributed by atoms with Gasteiger partial charge in [-0.25, -0.2) is 0 Å². The second-order valence-electron chi connectivity index (χ2n) is 3.18. The van der Waals surface area contributed by atoms with Crippen LogP contribution in [0.4, 0.5) is 0 Å². The second kappa shape index (κ2) is 3.03. The summed E-state index contributed by atoms with van der Waals surface area (Å²) in [6.45, 7) is 3.68. The summed E-state index contributed by atoms with van der Waals surface area (Å²) in [6.07, 6.45) is 0.820. The van der Waals surface area contributed by atoms with Crippen molar-refractivity contribution in [3.05, 3.63) is 0 Å². The maximum atomic E-state index is 11.3. The van der Waals surface area contributed by atoms with Crippen LogP contribution in [0.15, 0.2) is 0 Å². The standard InChI is InChI=1S/C8H13NO3/c1-2-8(10)9-3-6-7(4-9)12-5-11-6/h6-7H,2-5H2,1H3/t6-,7+. The Kier molecular flexibility index (Phi) is 2.02. The van der Waals surface area contributed by atoms with E-state index in [1.54, 1.807) is 0 Å². The zero-order valence-electron chi connectivity index (χ0n) is 7.16. The van der Waals surface area contributed by atoms with Crippen molar-refractivity contribution in [1.29, 1.82) is 0 Å². The van der Waals surface area contributed by atoms with Crippen LogP contribution in [0.2, 0.25) is 0 Å². The summed E-state index contributed by atoms with van der Waals surface area (Å²) in [5, 5.41) is 0. The SMILES string of the molecule is CCC(=O)N1C[C@@H]2OCO[C@@H]2C1. The second-order valence-corrected chi connectivity index (χ2v) is 3.18. The van der Waals surface area contributed by atoms with Gasteiger partial charge in [0.05, 0.1) is 0 Å². The summed E-state index contributed by atoms with van der Waals surface area (Å²) in [6, 6.07) is 0. The molecule has 4 nitrogen and oxygen atoms in total. The third kappa shape index (κ3) is 1.21. The minimum Gasteiger partial charge on any atom is -0.348 e. The smallest absolute Gasteiger partial charge is 0.222 e. The Balaban J connectivity index is 1.94. The highest BCUT2D eigenvalue weighted by atomic mass is 16.7. The van der Waals surface area contributed by atoms with Gasteiger partial charge in [0.25, 0.3) is 0 Å². The van der Waals surface area contributed by atoms with Crippen LogP contribution in [0, 0.1) is 0 Å². The molecule has 0 aromatic rings. The monoisotopic (exact) mass is 171 g/mol. The van der Waals surface area contributed by atoms with E-state index in [1.807, 2.05) is 11.8 Å². The van der Waals surface area contributed by atoms with Crippen molar-refractivity contribution in [3.8, 4) is 0 Å². The molecule has 2 fully saturated rings. The zero-order chi connectivity index (χ0) is 8.55. The lowest BCUT2D eigenvalue weighted by Crippen LogP contribution is -2.30. The van der Waals surface area contributed by atoms with E-state index < -0.39 is 0 Å². The number of hydrogen-bond acceptors (Lipinski definition) is 3. The predicted octanol–water partition coefficient (Wildman–Crippen LogP) is -0.0199. The van der Waals surface area contributed by atoms with Gasteiger partial charge in [-0.1, -0.05) is 6.92 Å². The fraction of sp³-hybridized carbons (Fsp3) is 0.875. The summed E-state index contributed by atoms with van der Waals surface area (Å²) in [7, 11) is 0. The van der Waals surface area contributed by atoms with Gasteiger partial charge in [-0.15, -0.1) is 0 Å². The van der Waals surface area contributed by atoms with E-state index in [4.69, 9.17) is 9.47 Å². The number of ether oxygens (including phenoxy) is 2. The number of carbonyl (C=O) groups is 1. The van der Waals surface area contributed by atoms with E-state index in [9.17, 15) is 4.79 Å². The topological polar surface area (TPSA) is 38.8 Å². The molecule has 12 heavy (non-hydrogen) atoms. The van der Waals surface area contributed by atoms with E-state index >= 15 is 0 Å². The van der Waals surface area contributed by atoms with Gasteiger partial charge in [0, 0.05) is 19.5 Å². The molecule has 1 amide bonds. The molecule has 0 radical (unpaired) electrons. The van der Waals surface area contributed by atoms with Crippen LogP contribution in [0.3, 0.4) is 0 Å². The lowest BCUT2D eigenvalue weighted by Gasteiger charge is -2.15. The molecule has 2 atom stereocenters. The number of nitrogens with zero attached hydrogens (tertiary/aromatic N) is 1. The highest BCUT2D eigenvalue weighted by Crippen LogP contribution is 2.22. The molecule has 2 aliphatic heterocycles. The van der Waals surface area contributed by atoms with Crippen LogP contribution < -0.4 is 0 Å². The lowest BCUT2D eigenvalue weighted by atomic mass is 10.3. The number of amides is 1. The van der Waals surface area contributed by atoms with Gasteiger partial charge in [0.15, 0.2) is 0 Å². The number of fused-ring (bicyclic) bond motifs is 1. The van der Waals surface area contributed by atoms with E-state index in [1.165, 1.54) is 0 Å². The van der Waals surface area contributed by atoms with Gasteiger partial charge in [0.2, 0.25) is 5.91 Å². The predicted molar refractivity (Wildman–Crippen MR) is 41.5 cm³/mol. The molecular weight excluding hydrogens is 158 g/mol. The quantitative estimate of drug-likeness (QED) is 0.556. The molecular formula is C8H13NO3. The molecule has 2 rings (SSSR count). The maximum Gasteiger partial charge on any atom is 0.222 e. The van der Waals surface area contributed by atoms with Crippen LogP contribution in [-0.4, -0.2) is 42.9 Å². The van der Waals surface area contributed by atoms with Gasteiger partial charge in [0.1, 0.15) is 19.0 Å². The largest absolute Gasteiger partial charge is 0.348 e. The Labute approximate surface area is 71.4 Å². The first-order chi connectivity index (χ1) is 5.81. The summed E-state index contributed by atoms with van der Waals surface area (Å²) < 4.78 is 10.6. The van der Waals surface area contributed by atoms with E-state index in [0.717, 1.165) is 0 Å². The van der Waals surface area contributed by atoms with Crippen LogP contribution in [0.25, 0.3) is 0 Å². The lowest BCUT2D eigenvalue weighted by molar-refractivity contribution is -0.131. The number of rotatable bonds is 1. The van der Waals surface area contributed by atoms with Crippen LogP contribution >= 0.6 is 0 Å². The fourth-order valence-corrected chi connectivity index (χ4v) is 1.71. The normalized spacial score (nSPS) is 33.9. The number of hydrogen-bond donors (Lipinski definition) is 0. The van der Waals surface area contributed by atoms with Gasteiger partial charge in [-0.2, -0.15) is 0 Å². The van der Waals surface area contributed by atoms with Gasteiger partial charge >= 0.3 is 0 Å². The molecule has 0 N–H and O–H groups in total. The molecule has 0 aliphatic carbocycles. The summed E-state index contributed by atoms with van der Waals surface area (Å²) in [5.41, 5.74) is 0. The molecule has 0 spiro atoms. The van der Waals surface area contributed by atoms with Gasteiger partial charge in [-0.3, -0.25) is 4.79 Å². The minimum atomic E-state index is 0.125. The molecule has 0 saturated carbocycles. The van der Waals surface area contributed by atoms with Crippen LogP contribution in [-0.2, 0) is 14.3 Å². The van der Waals surface area contributed by atoms with Gasteiger partial charge < -0.3 is 14.4 Å². The maximum absolute atomic E-state index is 11.3. The van der Waals surface area contributed by atoms with Crippen LogP contribution in [0.5, 0.6) is 0 Å². The average molecular weight is 171 g/mol. The first-order valence-corrected chi connectivity index (χ1v) is 4.32. The van der Waals surface area contributed by atoms with Crippen molar-refractivity contribution < 1.29 is 14.3 Å². The highest BCUT2D eigenvalue weighted by molar-refractivity contribution is 5.76. The van der Waals surface area contributed by atoms with Crippen molar-refractivity contribution in [2.75, 3.05) is 19.9 Å². The molecule has 68 valence electrons. The summed E-state index contributed by atoms with van der Waals surface area (Å²) in [5.74, 6) is 0.191. The van der Waals surface area contributed by atoms with Crippen LogP contribution in [0.1, 0.15) is 13.3 Å².